The summed E-state index contributed by atoms with van der Waals surface area (Å²) in [6.45, 7) is 5.41. The number of hydrogen-bond donors (Lipinski definition) is 1. The minimum Gasteiger partial charge on any atom is -0.493 e. The van der Waals surface area contributed by atoms with Crippen LogP contribution in [-0.4, -0.2) is 73.7 Å². The number of anilines is 1. The summed E-state index contributed by atoms with van der Waals surface area (Å²) >= 11 is 0. The zero-order chi connectivity index (χ0) is 24.0. The molecule has 0 aliphatic carbocycles. The maximum Gasteiger partial charge on any atom is 0.251 e. The molecule has 1 N–H and O–H groups in total. The second-order valence-electron chi connectivity index (χ2n) is 8.33. The van der Waals surface area contributed by atoms with Crippen molar-refractivity contribution in [3.8, 4) is 34.1 Å². The molecule has 0 saturated carbocycles. The van der Waals surface area contributed by atoms with Crippen molar-refractivity contribution >= 4 is 16.6 Å². The number of fused-ring (bicyclic) bond motifs is 1. The van der Waals surface area contributed by atoms with E-state index < -0.39 is 0 Å². The third-order valence-corrected chi connectivity index (χ3v) is 6.23. The third kappa shape index (κ3) is 5.06. The average molecular weight is 476 g/mol. The van der Waals surface area contributed by atoms with E-state index in [9.17, 15) is 0 Å². The molecule has 9 nitrogen and oxygen atoms in total. The minimum atomic E-state index is 0.437. The van der Waals surface area contributed by atoms with Gasteiger partial charge in [0.05, 0.1) is 44.2 Å². The molecule has 3 heterocycles. The average Bonchev–Trinajstić information content (AvgIpc) is 3.46. The fourth-order valence-electron chi connectivity index (χ4n) is 4.37. The highest BCUT2D eigenvalue weighted by atomic mass is 16.5. The molecule has 0 unspecified atom stereocenters. The molecule has 1 fully saturated rings. The van der Waals surface area contributed by atoms with Gasteiger partial charge in [-0.25, -0.2) is 0 Å². The van der Waals surface area contributed by atoms with Gasteiger partial charge in [0.15, 0.2) is 11.5 Å². The second kappa shape index (κ2) is 10.7. The second-order valence-corrected chi connectivity index (χ2v) is 8.33. The number of morpholine rings is 1. The summed E-state index contributed by atoms with van der Waals surface area (Å²) in [7, 11) is 3.27. The first-order chi connectivity index (χ1) is 17.3. The summed E-state index contributed by atoms with van der Waals surface area (Å²) in [6, 6.07) is 12.1. The van der Waals surface area contributed by atoms with Gasteiger partial charge in [-0.05, 0) is 48.4 Å². The fraction of sp³-hybridized carbons (Fsp3) is 0.346. The highest BCUT2D eigenvalue weighted by Crippen LogP contribution is 2.37. The first-order valence-electron chi connectivity index (χ1n) is 11.7. The van der Waals surface area contributed by atoms with Gasteiger partial charge in [-0.1, -0.05) is 12.1 Å². The monoisotopic (exact) mass is 475 g/mol. The Morgan fingerprint density at radius 1 is 1.00 bits per heavy atom. The van der Waals surface area contributed by atoms with Gasteiger partial charge in [-0.2, -0.15) is 0 Å². The van der Waals surface area contributed by atoms with Crippen molar-refractivity contribution in [2.75, 3.05) is 58.9 Å². The Kier molecular flexibility index (Phi) is 7.06. The topological polar surface area (TPSA) is 94.8 Å². The Morgan fingerprint density at radius 2 is 1.80 bits per heavy atom. The van der Waals surface area contributed by atoms with Crippen molar-refractivity contribution in [1.82, 2.24) is 20.1 Å². The number of methoxy groups -OCH3 is 2. The maximum absolute atomic E-state index is 5.53. The molecule has 0 radical (unpaired) electrons. The molecule has 5 rings (SSSR count). The van der Waals surface area contributed by atoms with Crippen LogP contribution < -0.4 is 14.8 Å². The van der Waals surface area contributed by atoms with Crippen LogP contribution in [0.1, 0.15) is 6.42 Å². The molecule has 0 bridgehead atoms. The normalized spacial score (nSPS) is 14.2. The van der Waals surface area contributed by atoms with E-state index >= 15 is 0 Å². The van der Waals surface area contributed by atoms with Gasteiger partial charge in [-0.3, -0.25) is 9.88 Å². The third-order valence-electron chi connectivity index (χ3n) is 6.23. The van der Waals surface area contributed by atoms with E-state index in [-0.39, 0.29) is 0 Å². The van der Waals surface area contributed by atoms with Crippen molar-refractivity contribution in [2.24, 2.45) is 0 Å². The Bertz CT molecular complexity index is 1270. The molecule has 35 heavy (non-hydrogen) atoms. The van der Waals surface area contributed by atoms with E-state index in [4.69, 9.17) is 18.6 Å². The number of benzene rings is 2. The van der Waals surface area contributed by atoms with Crippen LogP contribution in [-0.2, 0) is 4.74 Å². The molecule has 1 aliphatic rings. The number of nitrogens with zero attached hydrogens (tertiary/aromatic N) is 4. The summed E-state index contributed by atoms with van der Waals surface area (Å²) < 4.78 is 21.9. The number of rotatable bonds is 9. The Balaban J connectivity index is 1.47. The van der Waals surface area contributed by atoms with E-state index in [1.54, 1.807) is 20.4 Å². The van der Waals surface area contributed by atoms with Gasteiger partial charge in [0.25, 0.3) is 5.89 Å². The smallest absolute Gasteiger partial charge is 0.251 e. The molecule has 1 aliphatic heterocycles. The van der Waals surface area contributed by atoms with Gasteiger partial charge < -0.3 is 23.9 Å². The van der Waals surface area contributed by atoms with Crippen LogP contribution >= 0.6 is 0 Å². The Labute approximate surface area is 204 Å². The first-order valence-corrected chi connectivity index (χ1v) is 11.7. The largest absolute Gasteiger partial charge is 0.493 e. The van der Waals surface area contributed by atoms with Gasteiger partial charge in [-0.15, -0.1) is 10.2 Å². The van der Waals surface area contributed by atoms with Crippen LogP contribution in [0, 0.1) is 0 Å². The molecule has 0 amide bonds. The molecule has 9 heteroatoms. The minimum absolute atomic E-state index is 0.437. The number of hydrogen-bond acceptors (Lipinski definition) is 9. The molecular formula is C26H29N5O4. The van der Waals surface area contributed by atoms with Crippen LogP contribution in [0.15, 0.2) is 53.4 Å². The highest BCUT2D eigenvalue weighted by molar-refractivity contribution is 6.00. The van der Waals surface area contributed by atoms with Crippen molar-refractivity contribution in [1.29, 1.82) is 0 Å². The number of ether oxygens (including phenoxy) is 3. The summed E-state index contributed by atoms with van der Waals surface area (Å²) in [5.41, 5.74) is 4.66. The van der Waals surface area contributed by atoms with Crippen molar-refractivity contribution < 1.29 is 18.6 Å². The van der Waals surface area contributed by atoms with Crippen molar-refractivity contribution in [2.45, 2.75) is 6.42 Å². The van der Waals surface area contributed by atoms with Gasteiger partial charge in [0, 0.05) is 31.2 Å². The molecule has 0 spiro atoms. The molecule has 2 aromatic carbocycles. The van der Waals surface area contributed by atoms with Crippen LogP contribution in [0.2, 0.25) is 0 Å². The van der Waals surface area contributed by atoms with Gasteiger partial charge in [0.2, 0.25) is 6.39 Å². The van der Waals surface area contributed by atoms with E-state index in [1.807, 2.05) is 24.3 Å². The van der Waals surface area contributed by atoms with Gasteiger partial charge in [0.1, 0.15) is 0 Å². The van der Waals surface area contributed by atoms with E-state index in [1.165, 1.54) is 6.39 Å². The Morgan fingerprint density at radius 3 is 2.57 bits per heavy atom. The zero-order valence-electron chi connectivity index (χ0n) is 20.0. The van der Waals surface area contributed by atoms with Crippen LogP contribution in [0.4, 0.5) is 5.69 Å². The van der Waals surface area contributed by atoms with Crippen LogP contribution in [0.25, 0.3) is 33.5 Å². The lowest BCUT2D eigenvalue weighted by Gasteiger charge is -2.26. The van der Waals surface area contributed by atoms with Crippen LogP contribution in [0.3, 0.4) is 0 Å². The zero-order valence-corrected chi connectivity index (χ0v) is 20.0. The number of pyridine rings is 1. The molecule has 182 valence electrons. The number of nitrogens with one attached hydrogen (secondary N) is 1. The molecular weight excluding hydrogens is 446 g/mol. The highest BCUT2D eigenvalue weighted by Gasteiger charge is 2.16. The molecule has 0 atom stereocenters. The van der Waals surface area contributed by atoms with E-state index in [0.717, 1.165) is 79.1 Å². The van der Waals surface area contributed by atoms with Crippen LogP contribution in [0.5, 0.6) is 11.5 Å². The molecule has 2 aromatic heterocycles. The van der Waals surface area contributed by atoms with E-state index in [2.05, 4.69) is 37.5 Å². The summed E-state index contributed by atoms with van der Waals surface area (Å²) in [4.78, 5) is 7.10. The first kappa shape index (κ1) is 23.1. The lowest BCUT2D eigenvalue weighted by molar-refractivity contribution is 0.0378. The molecule has 1 saturated heterocycles. The van der Waals surface area contributed by atoms with E-state index in [0.29, 0.717) is 17.4 Å². The SMILES string of the molecule is COc1ccc(-c2ccc3ncc(-c4nnco4)c(NCCCN4CCOCC4)c3c2)cc1OC. The van der Waals surface area contributed by atoms with Gasteiger partial charge >= 0.3 is 0 Å². The standard InChI is InChI=1S/C26H29N5O4/c1-32-23-7-5-19(15-24(23)33-2)18-4-6-22-20(14-18)25(21(16-28-22)26-30-29-17-35-26)27-8-3-9-31-10-12-34-13-11-31/h4-7,14-17H,3,8-13H2,1-2H3,(H,27,28). The number of aromatic nitrogens is 3. The summed E-state index contributed by atoms with van der Waals surface area (Å²) in [5.74, 6) is 1.82. The summed E-state index contributed by atoms with van der Waals surface area (Å²) in [5, 5.41) is 12.6. The quantitative estimate of drug-likeness (QED) is 0.359. The Hall–Kier alpha value is -3.69. The lowest BCUT2D eigenvalue weighted by Crippen LogP contribution is -2.37. The summed E-state index contributed by atoms with van der Waals surface area (Å²) in [6.07, 6.45) is 4.13. The predicted octanol–water partition coefficient (Wildman–Crippen LogP) is 4.10. The van der Waals surface area contributed by atoms with Crippen molar-refractivity contribution in [3.63, 3.8) is 0 Å². The fourth-order valence-corrected chi connectivity index (χ4v) is 4.37. The molecule has 4 aromatic rings. The lowest BCUT2D eigenvalue weighted by atomic mass is 10.0. The van der Waals surface area contributed by atoms with Crippen molar-refractivity contribution in [3.05, 3.63) is 49.0 Å². The maximum atomic E-state index is 5.53. The predicted molar refractivity (Wildman–Crippen MR) is 134 cm³/mol.